The molecule has 14 heteroatoms. The molecule has 0 aromatic heterocycles. The quantitative estimate of drug-likeness (QED) is 0.0342. The standard InChI is InChI=1S/C22H33N7O7/c1-3-12-36-14-16(23)19(30)27-18(13-15-8-5-4-6-9-15)20(31)26-17(21(32)35-2)10-7-11-25-22(24)28-29(33)34/h3-6,8-9,16-18H,1,7,10-14,23H2,2H3,(H,26,31)(H,27,30)(H3,24,25,28)/t16-,17-,18+/m0/s1. The molecule has 2 amide bonds. The number of nitrogens with one attached hydrogen (secondary N) is 3. The minimum atomic E-state index is -1.05. The summed E-state index contributed by atoms with van der Waals surface area (Å²) in [5.41, 5.74) is 13.7. The lowest BCUT2D eigenvalue weighted by Crippen LogP contribution is -2.56. The molecule has 7 N–H and O–H groups in total. The minimum absolute atomic E-state index is 0.0553. The van der Waals surface area contributed by atoms with E-state index >= 15 is 0 Å². The summed E-state index contributed by atoms with van der Waals surface area (Å²) in [4.78, 5) is 52.1. The Hall–Kier alpha value is -4.04. The molecule has 0 aliphatic carbocycles. The van der Waals surface area contributed by atoms with Gasteiger partial charge in [-0.25, -0.2) is 19.9 Å². The first kappa shape index (κ1) is 30.0. The molecule has 0 unspecified atom stereocenters. The van der Waals surface area contributed by atoms with E-state index in [1.807, 2.05) is 6.07 Å². The Balaban J connectivity index is 2.89. The molecule has 36 heavy (non-hydrogen) atoms. The number of hydrogen-bond donors (Lipinski definition) is 5. The molecule has 1 aromatic carbocycles. The highest BCUT2D eigenvalue weighted by Gasteiger charge is 2.28. The molecule has 1 rings (SSSR count). The lowest BCUT2D eigenvalue weighted by molar-refractivity contribution is -0.525. The molecule has 14 nitrogen and oxygen atoms in total. The molecule has 198 valence electrons. The van der Waals surface area contributed by atoms with Crippen molar-refractivity contribution in [1.29, 1.82) is 0 Å². The molecule has 0 spiro atoms. The molecule has 0 radical (unpaired) electrons. The average Bonchev–Trinajstić information content (AvgIpc) is 2.85. The van der Waals surface area contributed by atoms with E-state index in [-0.39, 0.29) is 39.0 Å². The Kier molecular flexibility index (Phi) is 13.8. The van der Waals surface area contributed by atoms with E-state index in [4.69, 9.17) is 20.9 Å². The van der Waals surface area contributed by atoms with Crippen molar-refractivity contribution in [2.45, 2.75) is 37.4 Å². The van der Waals surface area contributed by atoms with Crippen LogP contribution in [-0.2, 0) is 30.3 Å². The van der Waals surface area contributed by atoms with Gasteiger partial charge in [0.15, 0.2) is 5.03 Å². The highest BCUT2D eigenvalue weighted by molar-refractivity contribution is 5.92. The van der Waals surface area contributed by atoms with E-state index in [2.05, 4.69) is 22.2 Å². The Morgan fingerprint density at radius 3 is 2.47 bits per heavy atom. The Bertz CT molecular complexity index is 911. The van der Waals surface area contributed by atoms with Crippen molar-refractivity contribution >= 4 is 23.7 Å². The molecular formula is C22H33N7O7. The first-order valence-corrected chi connectivity index (χ1v) is 11.1. The minimum Gasteiger partial charge on any atom is -0.467 e. The molecule has 0 aliphatic heterocycles. The van der Waals surface area contributed by atoms with E-state index < -0.39 is 46.9 Å². The Morgan fingerprint density at radius 2 is 1.86 bits per heavy atom. The zero-order chi connectivity index (χ0) is 26.9. The third kappa shape index (κ3) is 11.9. The van der Waals surface area contributed by atoms with Gasteiger partial charge in [0.05, 0.1) is 20.3 Å². The fraction of sp³-hybridized carbons (Fsp3) is 0.455. The van der Waals surface area contributed by atoms with Crippen LogP contribution in [0.3, 0.4) is 0 Å². The van der Waals surface area contributed by atoms with Crippen molar-refractivity contribution in [3.63, 3.8) is 0 Å². The number of esters is 1. The number of benzene rings is 1. The number of methoxy groups -OCH3 is 1. The number of nitrogens with two attached hydrogens (primary N) is 2. The molecular weight excluding hydrogens is 474 g/mol. The van der Waals surface area contributed by atoms with Crippen LogP contribution in [0.25, 0.3) is 0 Å². The second-order valence-electron chi connectivity index (χ2n) is 7.55. The molecule has 0 saturated heterocycles. The summed E-state index contributed by atoms with van der Waals surface area (Å²) < 4.78 is 9.97. The van der Waals surface area contributed by atoms with Crippen LogP contribution in [0.5, 0.6) is 0 Å². The second kappa shape index (κ2) is 16.6. The SMILES string of the molecule is C=CCOC[C@H](N)C(=O)N[C@H](Cc1ccccc1)C(=O)N[C@@H](CCCN=C(N)N[N+](=O)[O-])C(=O)OC. The van der Waals surface area contributed by atoms with Crippen molar-refractivity contribution < 1.29 is 28.9 Å². The number of carbonyl (C=O) groups is 3. The van der Waals surface area contributed by atoms with E-state index in [1.165, 1.54) is 13.2 Å². The van der Waals surface area contributed by atoms with Crippen LogP contribution in [0.4, 0.5) is 0 Å². The average molecular weight is 508 g/mol. The molecule has 0 aliphatic rings. The molecule has 0 fully saturated rings. The third-order valence-electron chi connectivity index (χ3n) is 4.73. The van der Waals surface area contributed by atoms with Gasteiger partial charge in [0.25, 0.3) is 5.96 Å². The van der Waals surface area contributed by atoms with Crippen LogP contribution in [0, 0.1) is 10.1 Å². The highest BCUT2D eigenvalue weighted by Crippen LogP contribution is 2.07. The van der Waals surface area contributed by atoms with Gasteiger partial charge in [-0.05, 0) is 18.4 Å². The molecule has 0 bridgehead atoms. The van der Waals surface area contributed by atoms with Crippen LogP contribution >= 0.6 is 0 Å². The molecule has 1 aromatic rings. The van der Waals surface area contributed by atoms with Gasteiger partial charge in [0.2, 0.25) is 11.8 Å². The van der Waals surface area contributed by atoms with Gasteiger partial charge in [-0.3, -0.25) is 9.59 Å². The summed E-state index contributed by atoms with van der Waals surface area (Å²) in [6.07, 6.45) is 2.01. The highest BCUT2D eigenvalue weighted by atomic mass is 16.7. The summed E-state index contributed by atoms with van der Waals surface area (Å²) in [6.45, 7) is 3.71. The van der Waals surface area contributed by atoms with Crippen molar-refractivity contribution in [2.75, 3.05) is 26.9 Å². The first-order valence-electron chi connectivity index (χ1n) is 11.1. The van der Waals surface area contributed by atoms with Crippen LogP contribution < -0.4 is 27.5 Å². The summed E-state index contributed by atoms with van der Waals surface area (Å²) in [5.74, 6) is -2.33. The van der Waals surface area contributed by atoms with Crippen LogP contribution in [-0.4, -0.2) is 73.8 Å². The van der Waals surface area contributed by atoms with Crippen LogP contribution in [0.2, 0.25) is 0 Å². The predicted molar refractivity (Wildman–Crippen MR) is 131 cm³/mol. The van der Waals surface area contributed by atoms with Gasteiger partial charge in [0.1, 0.15) is 18.1 Å². The maximum absolute atomic E-state index is 13.1. The van der Waals surface area contributed by atoms with Gasteiger partial charge >= 0.3 is 5.97 Å². The zero-order valence-electron chi connectivity index (χ0n) is 20.1. The number of rotatable bonds is 16. The monoisotopic (exact) mass is 507 g/mol. The number of carbonyl (C=O) groups excluding carboxylic acids is 3. The predicted octanol–water partition coefficient (Wildman–Crippen LogP) is -1.22. The van der Waals surface area contributed by atoms with Crippen molar-refractivity contribution in [3.05, 3.63) is 58.7 Å². The fourth-order valence-electron chi connectivity index (χ4n) is 2.98. The summed E-state index contributed by atoms with van der Waals surface area (Å²) in [6, 6.07) is 5.85. The maximum atomic E-state index is 13.1. The number of nitro groups is 1. The van der Waals surface area contributed by atoms with E-state index in [1.54, 1.807) is 29.7 Å². The van der Waals surface area contributed by atoms with Gasteiger partial charge in [-0.2, -0.15) is 0 Å². The Morgan fingerprint density at radius 1 is 1.19 bits per heavy atom. The normalized spacial score (nSPS) is 13.6. The van der Waals surface area contributed by atoms with Gasteiger partial charge in [-0.15, -0.1) is 6.58 Å². The smallest absolute Gasteiger partial charge is 0.328 e. The summed E-state index contributed by atoms with van der Waals surface area (Å²) >= 11 is 0. The van der Waals surface area contributed by atoms with E-state index in [9.17, 15) is 24.5 Å². The van der Waals surface area contributed by atoms with Crippen LogP contribution in [0.15, 0.2) is 48.0 Å². The fourth-order valence-corrected chi connectivity index (χ4v) is 2.98. The van der Waals surface area contributed by atoms with Crippen LogP contribution in [0.1, 0.15) is 18.4 Å². The number of amides is 2. The molecule has 0 saturated carbocycles. The zero-order valence-corrected chi connectivity index (χ0v) is 20.1. The Labute approximate surface area is 208 Å². The first-order chi connectivity index (χ1) is 17.2. The lowest BCUT2D eigenvalue weighted by Gasteiger charge is -2.23. The summed E-state index contributed by atoms with van der Waals surface area (Å²) in [7, 11) is 1.17. The maximum Gasteiger partial charge on any atom is 0.328 e. The van der Waals surface area contributed by atoms with Gasteiger partial charge in [0, 0.05) is 13.0 Å². The number of aliphatic imine (C=N–C) groups is 1. The number of hydrazine groups is 1. The van der Waals surface area contributed by atoms with E-state index in [0.29, 0.717) is 0 Å². The second-order valence-corrected chi connectivity index (χ2v) is 7.55. The summed E-state index contributed by atoms with van der Waals surface area (Å²) in [5, 5.41) is 14.7. The number of hydrogen-bond acceptors (Lipinski definition) is 9. The number of nitrogens with zero attached hydrogens (tertiary/aromatic N) is 2. The largest absolute Gasteiger partial charge is 0.467 e. The van der Waals surface area contributed by atoms with Crippen molar-refractivity contribution in [2.24, 2.45) is 16.5 Å². The van der Waals surface area contributed by atoms with Crippen molar-refractivity contribution in [1.82, 2.24) is 16.1 Å². The lowest BCUT2D eigenvalue weighted by atomic mass is 10.0. The van der Waals surface area contributed by atoms with Gasteiger partial charge < -0.3 is 31.6 Å². The van der Waals surface area contributed by atoms with Gasteiger partial charge in [-0.1, -0.05) is 41.8 Å². The van der Waals surface area contributed by atoms with E-state index in [0.717, 1.165) is 5.56 Å². The van der Waals surface area contributed by atoms with Crippen molar-refractivity contribution in [3.8, 4) is 0 Å². The number of guanidine groups is 1. The molecule has 0 heterocycles. The third-order valence-corrected chi connectivity index (χ3v) is 4.73. The topological polar surface area (TPSA) is 213 Å². The number of ether oxygens (including phenoxy) is 2. The molecule has 3 atom stereocenters.